The van der Waals surface area contributed by atoms with Crippen LogP contribution in [-0.2, 0) is 23.0 Å². The third kappa shape index (κ3) is 3.63. The van der Waals surface area contributed by atoms with E-state index in [1.165, 1.54) is 44.0 Å². The quantitative estimate of drug-likeness (QED) is 0.442. The van der Waals surface area contributed by atoms with E-state index < -0.39 is 0 Å². The summed E-state index contributed by atoms with van der Waals surface area (Å²) in [5, 5.41) is 0. The van der Waals surface area contributed by atoms with E-state index in [0.717, 1.165) is 4.51 Å². The van der Waals surface area contributed by atoms with Gasteiger partial charge in [0.2, 0.25) is 0 Å². The van der Waals surface area contributed by atoms with Crippen molar-refractivity contribution in [3.05, 3.63) is 0 Å². The molecule has 0 N–H and O–H groups in total. The van der Waals surface area contributed by atoms with E-state index in [0.29, 0.717) is 6.10 Å². The average molecular weight is 305 g/mol. The fraction of sp³-hybridized carbons (Fsp3) is 1.00. The Morgan fingerprint density at radius 2 is 1.70 bits per heavy atom. The van der Waals surface area contributed by atoms with Crippen LogP contribution in [0.4, 0.5) is 0 Å². The minimum Gasteiger partial charge on any atom is -1.00 e. The van der Waals surface area contributed by atoms with Gasteiger partial charge in [-0.25, -0.2) is 0 Å². The fourth-order valence-electron chi connectivity index (χ4n) is 1.37. The standard InChI is InChI=1S/C7H13O.HI.Zn/c1-8-7-5-3-2-4-6-7;;/h2,7H,3-6H2,1H3;1H;/q;;+1/p-1. The van der Waals surface area contributed by atoms with Crippen molar-refractivity contribution >= 4 is 0 Å². The van der Waals surface area contributed by atoms with Gasteiger partial charge in [0.1, 0.15) is 0 Å². The molecule has 0 aliphatic heterocycles. The van der Waals surface area contributed by atoms with Crippen LogP contribution in [0.3, 0.4) is 0 Å². The van der Waals surface area contributed by atoms with Crippen molar-refractivity contribution in [2.75, 3.05) is 7.11 Å². The third-order valence-corrected chi connectivity index (χ3v) is 3.84. The van der Waals surface area contributed by atoms with Crippen molar-refractivity contribution in [2.24, 2.45) is 0 Å². The van der Waals surface area contributed by atoms with Crippen molar-refractivity contribution < 1.29 is 47.0 Å². The first-order valence-corrected chi connectivity index (χ1v) is 5.40. The smallest absolute Gasteiger partial charge is 1.00 e. The Labute approximate surface area is 90.0 Å². The molecule has 0 aromatic carbocycles. The number of hydrogen-bond donors (Lipinski definition) is 0. The minimum absolute atomic E-state index is 0. The summed E-state index contributed by atoms with van der Waals surface area (Å²) < 4.78 is 6.32. The van der Waals surface area contributed by atoms with Gasteiger partial charge < -0.3 is 24.0 Å². The second kappa shape index (κ2) is 5.90. The molecule has 0 unspecified atom stereocenters. The molecule has 10 heavy (non-hydrogen) atoms. The summed E-state index contributed by atoms with van der Waals surface area (Å²) in [4.78, 5) is 0. The van der Waals surface area contributed by atoms with Crippen molar-refractivity contribution in [3.8, 4) is 0 Å². The zero-order chi connectivity index (χ0) is 6.69. The second-order valence-corrected chi connectivity index (χ2v) is 5.30. The molecule has 1 nitrogen and oxygen atoms in total. The SMILES string of the molecule is COC1CC[CH]([Zn+])CC1.[I-]. The Morgan fingerprint density at radius 1 is 1.20 bits per heavy atom. The Balaban J connectivity index is 0.000000810. The molecule has 3 heteroatoms. The van der Waals surface area contributed by atoms with E-state index >= 15 is 0 Å². The monoisotopic (exact) mass is 304 g/mol. The van der Waals surface area contributed by atoms with Crippen LogP contribution < -0.4 is 24.0 Å². The zero-order valence-electron chi connectivity index (χ0n) is 6.48. The van der Waals surface area contributed by atoms with E-state index in [2.05, 4.69) is 0 Å². The largest absolute Gasteiger partial charge is 1.00 e. The van der Waals surface area contributed by atoms with Gasteiger partial charge in [-0.05, 0) is 0 Å². The number of hydrogen-bond acceptors (Lipinski definition) is 1. The molecule has 0 atom stereocenters. The Kier molecular flexibility index (Phi) is 6.68. The van der Waals surface area contributed by atoms with Crippen molar-refractivity contribution in [1.82, 2.24) is 0 Å². The Hall–Kier alpha value is 1.31. The predicted octanol–water partition coefficient (Wildman–Crippen LogP) is -1.09. The molecule has 0 aromatic rings. The first-order valence-electron chi connectivity index (χ1n) is 3.69. The van der Waals surface area contributed by atoms with Crippen molar-refractivity contribution in [1.29, 1.82) is 0 Å². The maximum Gasteiger partial charge on any atom is -1.00 e. The summed E-state index contributed by atoms with van der Waals surface area (Å²) >= 11 is 1.48. The molecule has 0 saturated heterocycles. The first-order chi connectivity index (χ1) is 4.33. The Bertz CT molecular complexity index is 81.7. The van der Waals surface area contributed by atoms with Crippen LogP contribution in [0.1, 0.15) is 25.7 Å². The van der Waals surface area contributed by atoms with Gasteiger partial charge in [0.15, 0.2) is 0 Å². The number of ether oxygens (including phenoxy) is 1. The van der Waals surface area contributed by atoms with Crippen LogP contribution in [0.15, 0.2) is 0 Å². The molecule has 0 amide bonds. The van der Waals surface area contributed by atoms with Crippen molar-refractivity contribution in [3.63, 3.8) is 0 Å². The number of halogens is 1. The zero-order valence-corrected chi connectivity index (χ0v) is 11.6. The van der Waals surface area contributed by atoms with E-state index in [1.54, 1.807) is 0 Å². The first kappa shape index (κ1) is 11.3. The summed E-state index contributed by atoms with van der Waals surface area (Å²) in [5.74, 6) is 0. The van der Waals surface area contributed by atoms with E-state index in [-0.39, 0.29) is 24.0 Å². The average Bonchev–Trinajstić information content (AvgIpc) is 1.90. The van der Waals surface area contributed by atoms with Gasteiger partial charge in [-0.3, -0.25) is 0 Å². The Morgan fingerprint density at radius 3 is 2.10 bits per heavy atom. The van der Waals surface area contributed by atoms with Crippen LogP contribution in [0, 0.1) is 0 Å². The molecule has 0 aromatic heterocycles. The summed E-state index contributed by atoms with van der Waals surface area (Å²) in [6.07, 6.45) is 6.03. The molecule has 1 rings (SSSR count). The van der Waals surface area contributed by atoms with Gasteiger partial charge in [-0.2, -0.15) is 0 Å². The second-order valence-electron chi connectivity index (χ2n) is 2.88. The van der Waals surface area contributed by atoms with Crippen LogP contribution in [0.5, 0.6) is 0 Å². The summed E-state index contributed by atoms with van der Waals surface area (Å²) in [7, 11) is 1.83. The maximum absolute atomic E-state index is 5.25. The van der Waals surface area contributed by atoms with Gasteiger partial charge in [-0.1, -0.05) is 0 Å². The molecule has 0 bridgehead atoms. The molecule has 0 heterocycles. The molecular weight excluding hydrogens is 292 g/mol. The molecule has 0 spiro atoms. The van der Waals surface area contributed by atoms with Gasteiger partial charge in [0.25, 0.3) is 0 Å². The van der Waals surface area contributed by atoms with Gasteiger partial charge in [0, 0.05) is 0 Å². The normalized spacial score (nSPS) is 33.1. The molecular formula is C7H13IOZn. The number of methoxy groups -OCH3 is 1. The van der Waals surface area contributed by atoms with Crippen LogP contribution in [-0.4, -0.2) is 13.2 Å². The topological polar surface area (TPSA) is 9.23 Å². The number of rotatable bonds is 1. The molecule has 0 radical (unpaired) electrons. The van der Waals surface area contributed by atoms with Crippen molar-refractivity contribution in [2.45, 2.75) is 36.3 Å². The van der Waals surface area contributed by atoms with E-state index in [4.69, 9.17) is 4.74 Å². The third-order valence-electron chi connectivity index (χ3n) is 2.13. The predicted molar refractivity (Wildman–Crippen MR) is 33.0 cm³/mol. The summed E-state index contributed by atoms with van der Waals surface area (Å²) in [6, 6.07) is 0. The van der Waals surface area contributed by atoms with Gasteiger partial charge >= 0.3 is 66.4 Å². The van der Waals surface area contributed by atoms with Crippen LogP contribution in [0.25, 0.3) is 0 Å². The minimum atomic E-state index is 0. The molecule has 56 valence electrons. The molecule has 1 aliphatic rings. The van der Waals surface area contributed by atoms with E-state index in [1.807, 2.05) is 7.11 Å². The van der Waals surface area contributed by atoms with E-state index in [9.17, 15) is 0 Å². The molecule has 1 fully saturated rings. The summed E-state index contributed by atoms with van der Waals surface area (Å²) in [5.41, 5.74) is 0. The van der Waals surface area contributed by atoms with Gasteiger partial charge in [0.05, 0.1) is 0 Å². The van der Waals surface area contributed by atoms with Crippen LogP contribution in [0.2, 0.25) is 4.51 Å². The van der Waals surface area contributed by atoms with Crippen LogP contribution >= 0.6 is 0 Å². The maximum atomic E-state index is 5.25. The summed E-state index contributed by atoms with van der Waals surface area (Å²) in [6.45, 7) is 0. The molecule has 1 aliphatic carbocycles. The molecule has 1 saturated carbocycles. The van der Waals surface area contributed by atoms with Gasteiger partial charge in [-0.15, -0.1) is 0 Å². The fourth-order valence-corrected chi connectivity index (χ4v) is 2.36.